The van der Waals surface area contributed by atoms with E-state index in [2.05, 4.69) is 35.3 Å². The summed E-state index contributed by atoms with van der Waals surface area (Å²) in [5.74, 6) is 1.97. The zero-order chi connectivity index (χ0) is 21.3. The summed E-state index contributed by atoms with van der Waals surface area (Å²) in [7, 11) is 3.73. The average Bonchev–Trinajstić information content (AvgIpc) is 3.16. The number of aliphatic imine (C=N–C) groups is 1. The van der Waals surface area contributed by atoms with Crippen LogP contribution in [0.4, 0.5) is 0 Å². The molecule has 1 saturated heterocycles. The maximum absolute atomic E-state index is 12.0. The van der Waals surface area contributed by atoms with Crippen molar-refractivity contribution in [1.29, 1.82) is 0 Å². The first kappa shape index (κ1) is 21.7. The summed E-state index contributed by atoms with van der Waals surface area (Å²) in [5.41, 5.74) is 3.43. The van der Waals surface area contributed by atoms with Crippen molar-refractivity contribution in [3.8, 4) is 5.75 Å². The molecule has 0 unspecified atom stereocenters. The molecule has 6 heteroatoms. The number of ether oxygens (including phenoxy) is 1. The molecule has 0 atom stereocenters. The van der Waals surface area contributed by atoms with Gasteiger partial charge in [0.2, 0.25) is 5.91 Å². The summed E-state index contributed by atoms with van der Waals surface area (Å²) >= 11 is 0. The van der Waals surface area contributed by atoms with E-state index in [1.54, 1.807) is 7.11 Å². The molecule has 160 valence electrons. The lowest BCUT2D eigenvalue weighted by Gasteiger charge is -2.23. The minimum absolute atomic E-state index is 0.248. The van der Waals surface area contributed by atoms with Crippen molar-refractivity contribution in [1.82, 2.24) is 15.1 Å². The molecule has 30 heavy (non-hydrogen) atoms. The van der Waals surface area contributed by atoms with E-state index in [1.165, 1.54) is 5.56 Å². The van der Waals surface area contributed by atoms with Gasteiger partial charge in [-0.1, -0.05) is 42.5 Å². The van der Waals surface area contributed by atoms with Crippen molar-refractivity contribution in [2.75, 3.05) is 27.2 Å². The van der Waals surface area contributed by atoms with E-state index in [9.17, 15) is 4.79 Å². The average molecular weight is 409 g/mol. The molecule has 1 heterocycles. The number of benzene rings is 2. The molecule has 0 bridgehead atoms. The fourth-order valence-corrected chi connectivity index (χ4v) is 3.74. The van der Waals surface area contributed by atoms with Crippen LogP contribution in [0.25, 0.3) is 0 Å². The molecule has 1 N–H and O–H groups in total. The third-order valence-corrected chi connectivity index (χ3v) is 5.35. The van der Waals surface area contributed by atoms with Gasteiger partial charge in [0.1, 0.15) is 5.75 Å². The van der Waals surface area contributed by atoms with Crippen LogP contribution in [0.3, 0.4) is 0 Å². The summed E-state index contributed by atoms with van der Waals surface area (Å²) in [6, 6.07) is 16.3. The number of carbonyl (C=O) groups is 1. The van der Waals surface area contributed by atoms with E-state index >= 15 is 0 Å². The van der Waals surface area contributed by atoms with Gasteiger partial charge >= 0.3 is 0 Å². The van der Waals surface area contributed by atoms with Crippen LogP contribution in [0, 0.1) is 0 Å². The van der Waals surface area contributed by atoms with Crippen molar-refractivity contribution < 1.29 is 9.53 Å². The third kappa shape index (κ3) is 5.53. The Morgan fingerprint density at radius 3 is 2.50 bits per heavy atom. The van der Waals surface area contributed by atoms with Gasteiger partial charge in [0.25, 0.3) is 0 Å². The monoisotopic (exact) mass is 408 g/mol. The number of likely N-dealkylation sites (tertiary alicyclic amines) is 1. The molecular weight excluding hydrogens is 376 g/mol. The first-order valence-electron chi connectivity index (χ1n) is 10.6. The lowest BCUT2D eigenvalue weighted by molar-refractivity contribution is -0.128. The smallest absolute Gasteiger partial charge is 0.222 e. The topological polar surface area (TPSA) is 57.2 Å². The van der Waals surface area contributed by atoms with Crippen LogP contribution in [-0.4, -0.2) is 48.9 Å². The van der Waals surface area contributed by atoms with Gasteiger partial charge in [-0.3, -0.25) is 4.79 Å². The highest BCUT2D eigenvalue weighted by atomic mass is 16.5. The number of guanidine groups is 1. The van der Waals surface area contributed by atoms with Crippen LogP contribution >= 0.6 is 0 Å². The number of nitrogens with one attached hydrogen (secondary N) is 1. The zero-order valence-corrected chi connectivity index (χ0v) is 18.2. The SMILES string of the molecule is CCNC(=NCc1ccccc1CN1CCCC1=O)N(C)Cc1ccccc1OC. The number of hydrogen-bond acceptors (Lipinski definition) is 3. The molecule has 1 aliphatic heterocycles. The number of para-hydroxylation sites is 1. The van der Waals surface area contributed by atoms with Crippen LogP contribution < -0.4 is 10.1 Å². The van der Waals surface area contributed by atoms with E-state index in [1.807, 2.05) is 42.3 Å². The first-order chi connectivity index (χ1) is 14.6. The first-order valence-corrected chi connectivity index (χ1v) is 10.6. The normalized spacial score (nSPS) is 14.2. The Morgan fingerprint density at radius 1 is 1.13 bits per heavy atom. The van der Waals surface area contributed by atoms with E-state index < -0.39 is 0 Å². The lowest BCUT2D eigenvalue weighted by atomic mass is 10.1. The molecule has 1 amide bonds. The van der Waals surface area contributed by atoms with E-state index in [4.69, 9.17) is 9.73 Å². The highest BCUT2D eigenvalue weighted by Crippen LogP contribution is 2.20. The molecule has 3 rings (SSSR count). The number of rotatable bonds is 8. The molecule has 0 aromatic heterocycles. The van der Waals surface area contributed by atoms with Crippen molar-refractivity contribution in [3.63, 3.8) is 0 Å². The van der Waals surface area contributed by atoms with Gasteiger partial charge in [0.15, 0.2) is 5.96 Å². The van der Waals surface area contributed by atoms with Crippen molar-refractivity contribution in [2.45, 2.75) is 39.4 Å². The van der Waals surface area contributed by atoms with Gasteiger partial charge in [-0.15, -0.1) is 0 Å². The molecule has 0 radical (unpaired) electrons. The second-order valence-electron chi connectivity index (χ2n) is 7.53. The minimum Gasteiger partial charge on any atom is -0.496 e. The Hall–Kier alpha value is -3.02. The molecule has 1 fully saturated rings. The van der Waals surface area contributed by atoms with E-state index in [-0.39, 0.29) is 5.91 Å². The largest absolute Gasteiger partial charge is 0.496 e. The number of hydrogen-bond donors (Lipinski definition) is 1. The Kier molecular flexibility index (Phi) is 7.71. The Balaban J connectivity index is 1.73. The highest BCUT2D eigenvalue weighted by molar-refractivity contribution is 5.80. The molecule has 6 nitrogen and oxygen atoms in total. The van der Waals surface area contributed by atoms with Gasteiger partial charge in [0.05, 0.1) is 13.7 Å². The summed E-state index contributed by atoms with van der Waals surface area (Å²) in [6.45, 7) is 5.63. The number of amides is 1. The number of nitrogens with zero attached hydrogens (tertiary/aromatic N) is 3. The van der Waals surface area contributed by atoms with Gasteiger partial charge in [-0.2, -0.15) is 0 Å². The Labute approximate surface area is 179 Å². The van der Waals surface area contributed by atoms with Gasteiger partial charge in [-0.05, 0) is 30.5 Å². The fraction of sp³-hybridized carbons (Fsp3) is 0.417. The Bertz CT molecular complexity index is 881. The molecule has 0 saturated carbocycles. The van der Waals surface area contributed by atoms with Crippen molar-refractivity contribution >= 4 is 11.9 Å². The second-order valence-corrected chi connectivity index (χ2v) is 7.53. The van der Waals surface area contributed by atoms with Crippen LogP contribution in [-0.2, 0) is 24.4 Å². The molecule has 2 aromatic carbocycles. The molecule has 0 aliphatic carbocycles. The van der Waals surface area contributed by atoms with Gasteiger partial charge in [0, 0.05) is 45.2 Å². The predicted molar refractivity (Wildman–Crippen MR) is 120 cm³/mol. The Morgan fingerprint density at radius 2 is 1.83 bits per heavy atom. The maximum atomic E-state index is 12.0. The van der Waals surface area contributed by atoms with Crippen LogP contribution in [0.5, 0.6) is 5.75 Å². The predicted octanol–water partition coefficient (Wildman–Crippen LogP) is 3.42. The summed E-state index contributed by atoms with van der Waals surface area (Å²) in [4.78, 5) is 21.0. The fourth-order valence-electron chi connectivity index (χ4n) is 3.74. The van der Waals surface area contributed by atoms with Crippen molar-refractivity contribution in [3.05, 3.63) is 65.2 Å². The summed E-state index contributed by atoms with van der Waals surface area (Å²) in [5, 5.41) is 3.38. The molecule has 1 aliphatic rings. The number of carbonyl (C=O) groups excluding carboxylic acids is 1. The van der Waals surface area contributed by atoms with E-state index in [0.29, 0.717) is 26.1 Å². The van der Waals surface area contributed by atoms with Crippen LogP contribution in [0.1, 0.15) is 36.5 Å². The van der Waals surface area contributed by atoms with E-state index in [0.717, 1.165) is 42.3 Å². The standard InChI is InChI=1S/C24H32N4O2/c1-4-25-24(27(2)17-21-12-7-8-13-22(21)30-3)26-16-19-10-5-6-11-20(19)18-28-15-9-14-23(28)29/h5-8,10-13H,4,9,14-18H2,1-3H3,(H,25,26). The minimum atomic E-state index is 0.248. The van der Waals surface area contributed by atoms with Gasteiger partial charge in [-0.25, -0.2) is 4.99 Å². The van der Waals surface area contributed by atoms with Crippen LogP contribution in [0.15, 0.2) is 53.5 Å². The highest BCUT2D eigenvalue weighted by Gasteiger charge is 2.21. The second kappa shape index (κ2) is 10.7. The molecule has 2 aromatic rings. The quantitative estimate of drug-likeness (QED) is 0.537. The maximum Gasteiger partial charge on any atom is 0.222 e. The van der Waals surface area contributed by atoms with Crippen LogP contribution in [0.2, 0.25) is 0 Å². The molecule has 0 spiro atoms. The number of methoxy groups -OCH3 is 1. The molecular formula is C24H32N4O2. The van der Waals surface area contributed by atoms with Crippen molar-refractivity contribution in [2.24, 2.45) is 4.99 Å². The van der Waals surface area contributed by atoms with Gasteiger partial charge < -0.3 is 19.9 Å². The summed E-state index contributed by atoms with van der Waals surface area (Å²) < 4.78 is 5.48. The third-order valence-electron chi connectivity index (χ3n) is 5.35. The summed E-state index contributed by atoms with van der Waals surface area (Å²) in [6.07, 6.45) is 1.62. The lowest BCUT2D eigenvalue weighted by Crippen LogP contribution is -2.38. The zero-order valence-electron chi connectivity index (χ0n) is 18.2.